The summed E-state index contributed by atoms with van der Waals surface area (Å²) in [5, 5.41) is 10.4. The van der Waals surface area contributed by atoms with Crippen molar-refractivity contribution in [3.63, 3.8) is 0 Å². The summed E-state index contributed by atoms with van der Waals surface area (Å²) in [5.41, 5.74) is 1.80. The number of nitrogens with zero attached hydrogens (tertiary/aromatic N) is 2. The van der Waals surface area contributed by atoms with Gasteiger partial charge in [0.25, 0.3) is 5.91 Å². The molecule has 0 fully saturated rings. The molecule has 1 amide bonds. The van der Waals surface area contributed by atoms with E-state index in [0.717, 1.165) is 12.1 Å². The summed E-state index contributed by atoms with van der Waals surface area (Å²) in [6, 6.07) is 6.39. The largest absolute Gasteiger partial charge is 0.304 e. The van der Waals surface area contributed by atoms with Gasteiger partial charge in [0.1, 0.15) is 0 Å². The van der Waals surface area contributed by atoms with E-state index in [1.54, 1.807) is 24.5 Å². The topological polar surface area (TPSA) is 77.2 Å². The van der Waals surface area contributed by atoms with E-state index in [1.165, 1.54) is 10.7 Å². The molecule has 0 aliphatic heterocycles. The van der Waals surface area contributed by atoms with Crippen LogP contribution in [0, 0.1) is 15.9 Å². The lowest BCUT2D eigenvalue weighted by atomic mass is 10.2. The number of amides is 1. The van der Waals surface area contributed by atoms with E-state index < -0.39 is 22.3 Å². The molecule has 0 aliphatic rings. The third kappa shape index (κ3) is 2.34. The normalized spacial score (nSPS) is 10.1. The summed E-state index contributed by atoms with van der Waals surface area (Å²) in [6.07, 6.45) is 3.19. The van der Waals surface area contributed by atoms with Crippen molar-refractivity contribution in [3.05, 3.63) is 64.2 Å². The Morgan fingerprint density at radius 2 is 2.00 bits per heavy atom. The van der Waals surface area contributed by atoms with Gasteiger partial charge in [-0.1, -0.05) is 0 Å². The minimum absolute atomic E-state index is 0.00630. The van der Waals surface area contributed by atoms with Gasteiger partial charge < -0.3 is 0 Å². The number of hydrogen-bond donors (Lipinski definition) is 1. The molecule has 0 bridgehead atoms. The van der Waals surface area contributed by atoms with Crippen molar-refractivity contribution >= 4 is 11.6 Å². The second-order valence-corrected chi connectivity index (χ2v) is 3.45. The maximum absolute atomic E-state index is 13.3. The highest BCUT2D eigenvalue weighted by Gasteiger charge is 2.16. The van der Waals surface area contributed by atoms with Crippen molar-refractivity contribution in [2.45, 2.75) is 0 Å². The Labute approximate surface area is 101 Å². The van der Waals surface area contributed by atoms with Crippen molar-refractivity contribution in [2.24, 2.45) is 0 Å². The Morgan fingerprint density at radius 3 is 2.56 bits per heavy atom. The molecule has 0 aliphatic carbocycles. The first kappa shape index (κ1) is 11.8. The van der Waals surface area contributed by atoms with E-state index in [-0.39, 0.29) is 5.56 Å². The summed E-state index contributed by atoms with van der Waals surface area (Å²) in [6.45, 7) is 0. The minimum Gasteiger partial charge on any atom is -0.268 e. The molecule has 7 heteroatoms. The van der Waals surface area contributed by atoms with Crippen molar-refractivity contribution in [2.75, 3.05) is 5.43 Å². The molecule has 1 N–H and O–H groups in total. The van der Waals surface area contributed by atoms with Crippen LogP contribution in [0.25, 0.3) is 0 Å². The predicted molar refractivity (Wildman–Crippen MR) is 61.2 cm³/mol. The standard InChI is InChI=1S/C11H8FN3O3/c12-9-7-8(3-4-10(9)15(17)18)11(16)13-14-5-1-2-6-14/h1-7H,(H,13,16). The molecule has 0 spiro atoms. The Bertz CT molecular complexity index is 596. The van der Waals surface area contributed by atoms with Crippen LogP contribution in [0.2, 0.25) is 0 Å². The summed E-state index contributed by atoms with van der Waals surface area (Å²) >= 11 is 0. The van der Waals surface area contributed by atoms with Gasteiger partial charge in [0, 0.05) is 24.0 Å². The molecule has 2 rings (SSSR count). The second kappa shape index (κ2) is 4.66. The molecule has 2 aromatic rings. The zero-order chi connectivity index (χ0) is 13.1. The van der Waals surface area contributed by atoms with Crippen LogP contribution in [0.3, 0.4) is 0 Å². The van der Waals surface area contributed by atoms with Gasteiger partial charge in [0.2, 0.25) is 5.82 Å². The average molecular weight is 249 g/mol. The zero-order valence-electron chi connectivity index (χ0n) is 9.04. The van der Waals surface area contributed by atoms with Crippen LogP contribution in [0.5, 0.6) is 0 Å². The number of hydrogen-bond acceptors (Lipinski definition) is 3. The van der Waals surface area contributed by atoms with Crippen LogP contribution >= 0.6 is 0 Å². The molecule has 6 nitrogen and oxygen atoms in total. The number of carbonyl (C=O) groups excluding carboxylic acids is 1. The lowest BCUT2D eigenvalue weighted by Gasteiger charge is -2.05. The van der Waals surface area contributed by atoms with E-state index in [0.29, 0.717) is 0 Å². The number of nitro groups is 1. The Kier molecular flexibility index (Phi) is 3.05. The first-order valence-corrected chi connectivity index (χ1v) is 4.96. The van der Waals surface area contributed by atoms with E-state index in [1.807, 2.05) is 0 Å². The highest BCUT2D eigenvalue weighted by molar-refractivity contribution is 6.00. The summed E-state index contributed by atoms with van der Waals surface area (Å²) in [5.74, 6) is -1.60. The smallest absolute Gasteiger partial charge is 0.268 e. The molecule has 92 valence electrons. The predicted octanol–water partition coefficient (Wildman–Crippen LogP) is 1.92. The van der Waals surface area contributed by atoms with Gasteiger partial charge in [0.05, 0.1) is 4.92 Å². The molecule has 0 atom stereocenters. The van der Waals surface area contributed by atoms with Gasteiger partial charge in [-0.15, -0.1) is 0 Å². The number of benzene rings is 1. The molecule has 18 heavy (non-hydrogen) atoms. The molecular formula is C11H8FN3O3. The van der Waals surface area contributed by atoms with Crippen LogP contribution in [-0.2, 0) is 0 Å². The van der Waals surface area contributed by atoms with E-state index >= 15 is 0 Å². The van der Waals surface area contributed by atoms with Crippen molar-refractivity contribution < 1.29 is 14.1 Å². The third-order valence-electron chi connectivity index (χ3n) is 2.24. The van der Waals surface area contributed by atoms with Crippen LogP contribution in [0.15, 0.2) is 42.7 Å². The highest BCUT2D eigenvalue weighted by Crippen LogP contribution is 2.17. The van der Waals surface area contributed by atoms with Crippen LogP contribution in [-0.4, -0.2) is 15.5 Å². The second-order valence-electron chi connectivity index (χ2n) is 3.45. The van der Waals surface area contributed by atoms with Gasteiger partial charge in [-0.25, -0.2) is 0 Å². The molecule has 1 aromatic heterocycles. The third-order valence-corrected chi connectivity index (χ3v) is 2.24. The molecule has 0 saturated carbocycles. The number of carbonyl (C=O) groups is 1. The number of nitro benzene ring substituents is 1. The average Bonchev–Trinajstić information content (AvgIpc) is 2.81. The fourth-order valence-corrected chi connectivity index (χ4v) is 1.39. The Balaban J connectivity index is 2.21. The summed E-state index contributed by atoms with van der Waals surface area (Å²) < 4.78 is 14.7. The molecular weight excluding hydrogens is 241 g/mol. The van der Waals surface area contributed by atoms with Gasteiger partial charge >= 0.3 is 5.69 Å². The van der Waals surface area contributed by atoms with E-state index in [2.05, 4.69) is 5.43 Å². The van der Waals surface area contributed by atoms with E-state index in [9.17, 15) is 19.3 Å². The fraction of sp³-hybridized carbons (Fsp3) is 0. The van der Waals surface area contributed by atoms with Crippen LogP contribution < -0.4 is 5.43 Å². The first-order valence-electron chi connectivity index (χ1n) is 4.96. The molecule has 1 heterocycles. The highest BCUT2D eigenvalue weighted by atomic mass is 19.1. The van der Waals surface area contributed by atoms with Gasteiger partial charge in [-0.2, -0.15) is 4.39 Å². The molecule has 0 radical (unpaired) electrons. The quantitative estimate of drug-likeness (QED) is 0.666. The van der Waals surface area contributed by atoms with Gasteiger partial charge in [0.15, 0.2) is 0 Å². The Morgan fingerprint density at radius 1 is 1.33 bits per heavy atom. The lowest BCUT2D eigenvalue weighted by molar-refractivity contribution is -0.387. The van der Waals surface area contributed by atoms with Gasteiger partial charge in [-0.3, -0.25) is 25.0 Å². The van der Waals surface area contributed by atoms with Crippen molar-refractivity contribution in [1.29, 1.82) is 0 Å². The fourth-order valence-electron chi connectivity index (χ4n) is 1.39. The minimum atomic E-state index is -1.04. The molecule has 0 unspecified atom stereocenters. The molecule has 0 saturated heterocycles. The number of halogens is 1. The number of aromatic nitrogens is 1. The van der Waals surface area contributed by atoms with Crippen LogP contribution in [0.4, 0.5) is 10.1 Å². The first-order chi connectivity index (χ1) is 8.58. The van der Waals surface area contributed by atoms with Crippen molar-refractivity contribution in [3.8, 4) is 0 Å². The maximum atomic E-state index is 13.3. The van der Waals surface area contributed by atoms with Gasteiger partial charge in [-0.05, 0) is 24.3 Å². The summed E-state index contributed by atoms with van der Waals surface area (Å²) in [7, 11) is 0. The van der Waals surface area contributed by atoms with Crippen LogP contribution in [0.1, 0.15) is 10.4 Å². The monoisotopic (exact) mass is 249 g/mol. The number of nitrogens with one attached hydrogen (secondary N) is 1. The SMILES string of the molecule is O=C(Nn1cccc1)c1ccc([N+](=O)[O-])c(F)c1. The summed E-state index contributed by atoms with van der Waals surface area (Å²) in [4.78, 5) is 21.3. The number of rotatable bonds is 3. The van der Waals surface area contributed by atoms with Crippen molar-refractivity contribution in [1.82, 2.24) is 4.68 Å². The lowest BCUT2D eigenvalue weighted by Crippen LogP contribution is -2.21. The zero-order valence-corrected chi connectivity index (χ0v) is 9.04. The molecule has 1 aromatic carbocycles. The maximum Gasteiger partial charge on any atom is 0.304 e. The Hall–Kier alpha value is -2.70. The van der Waals surface area contributed by atoms with E-state index in [4.69, 9.17) is 0 Å².